The number of aromatic nitrogens is 3. The molecule has 0 spiro atoms. The van der Waals surface area contributed by atoms with Crippen molar-refractivity contribution in [2.24, 2.45) is 5.73 Å². The number of aryl methyl sites for hydroxylation is 1. The molecule has 0 radical (unpaired) electrons. The average Bonchev–Trinajstić information content (AvgIpc) is 2.75. The van der Waals surface area contributed by atoms with Gasteiger partial charge in [0.25, 0.3) is 5.91 Å². The highest BCUT2D eigenvalue weighted by atomic mass is 16.1. The fourth-order valence-electron chi connectivity index (χ4n) is 2.95. The number of primary amides is 1. The quantitative estimate of drug-likeness (QED) is 0.378. The van der Waals surface area contributed by atoms with Gasteiger partial charge in [-0.3, -0.25) is 9.78 Å². The number of carbonyl (C=O) groups excluding carboxylic acids is 1. The second-order valence-electron chi connectivity index (χ2n) is 7.92. The maximum Gasteiger partial charge on any atom is 0.271 e. The molecule has 0 aliphatic rings. The standard InChI is InChI=1S/C22H36N8O/c1-7-18-22(30(6)14(2)3)29-21(19(28-18)20(23)31)27-17-9-11-26-16(12-17)8-10-25-13-15(4)24-5/h9,11-12,14-15,24-25H,7-8,10,13H2,1-6H3,(H2,23,31)(H,26,27,29)/t15-/m0/s1. The van der Waals surface area contributed by atoms with Gasteiger partial charge in [-0.05, 0) is 46.4 Å². The summed E-state index contributed by atoms with van der Waals surface area (Å²) in [5.74, 6) is 0.480. The summed E-state index contributed by atoms with van der Waals surface area (Å²) in [5, 5.41) is 9.83. The Bertz CT molecular complexity index is 871. The van der Waals surface area contributed by atoms with Crippen LogP contribution in [0.4, 0.5) is 17.3 Å². The van der Waals surface area contributed by atoms with Crippen molar-refractivity contribution in [2.75, 3.05) is 37.4 Å². The van der Waals surface area contributed by atoms with Crippen LogP contribution in [0.1, 0.15) is 49.6 Å². The highest BCUT2D eigenvalue weighted by Crippen LogP contribution is 2.25. The van der Waals surface area contributed by atoms with Gasteiger partial charge in [0.05, 0.1) is 5.69 Å². The zero-order valence-corrected chi connectivity index (χ0v) is 19.5. The SMILES string of the molecule is CCc1nc(C(N)=O)c(Nc2ccnc(CCNC[C@H](C)NC)c2)nc1N(C)C(C)C. The van der Waals surface area contributed by atoms with Gasteiger partial charge in [-0.2, -0.15) is 0 Å². The zero-order valence-electron chi connectivity index (χ0n) is 19.5. The number of nitrogens with two attached hydrogens (primary N) is 1. The van der Waals surface area contributed by atoms with Gasteiger partial charge in [0.15, 0.2) is 17.3 Å². The van der Waals surface area contributed by atoms with Crippen molar-refractivity contribution in [1.29, 1.82) is 0 Å². The zero-order chi connectivity index (χ0) is 23.0. The first-order valence-electron chi connectivity index (χ1n) is 10.8. The molecular formula is C22H36N8O. The summed E-state index contributed by atoms with van der Waals surface area (Å²) >= 11 is 0. The summed E-state index contributed by atoms with van der Waals surface area (Å²) in [6, 6.07) is 4.44. The number of anilines is 3. The Morgan fingerprint density at radius 2 is 2.00 bits per heavy atom. The van der Waals surface area contributed by atoms with Gasteiger partial charge in [-0.1, -0.05) is 6.92 Å². The van der Waals surface area contributed by atoms with Crippen LogP contribution in [-0.2, 0) is 12.8 Å². The van der Waals surface area contributed by atoms with Crippen molar-refractivity contribution in [3.8, 4) is 0 Å². The average molecular weight is 429 g/mol. The number of carbonyl (C=O) groups is 1. The summed E-state index contributed by atoms with van der Waals surface area (Å²) in [5.41, 5.74) is 8.21. The predicted octanol–water partition coefficient (Wildman–Crippen LogP) is 1.86. The molecule has 0 saturated carbocycles. The van der Waals surface area contributed by atoms with Crippen LogP contribution in [0.2, 0.25) is 0 Å². The molecule has 5 N–H and O–H groups in total. The Hall–Kier alpha value is -2.78. The van der Waals surface area contributed by atoms with Crippen molar-refractivity contribution in [3.05, 3.63) is 35.4 Å². The second kappa shape index (κ2) is 11.6. The number of pyridine rings is 1. The van der Waals surface area contributed by atoms with Crippen LogP contribution in [0.5, 0.6) is 0 Å². The van der Waals surface area contributed by atoms with E-state index in [1.807, 2.05) is 38.1 Å². The van der Waals surface area contributed by atoms with Crippen LogP contribution >= 0.6 is 0 Å². The molecule has 2 aromatic rings. The summed E-state index contributed by atoms with van der Waals surface area (Å²) in [7, 11) is 3.91. The molecular weight excluding hydrogens is 392 g/mol. The molecule has 2 aromatic heterocycles. The topological polar surface area (TPSA) is 121 Å². The molecule has 0 aliphatic carbocycles. The summed E-state index contributed by atoms with van der Waals surface area (Å²) in [4.78, 5) is 27.8. The Morgan fingerprint density at radius 1 is 1.26 bits per heavy atom. The van der Waals surface area contributed by atoms with Gasteiger partial charge in [0.1, 0.15) is 0 Å². The second-order valence-corrected chi connectivity index (χ2v) is 7.92. The van der Waals surface area contributed by atoms with E-state index in [-0.39, 0.29) is 11.7 Å². The number of hydrogen-bond donors (Lipinski definition) is 4. The highest BCUT2D eigenvalue weighted by Gasteiger charge is 2.20. The third kappa shape index (κ3) is 6.86. The van der Waals surface area contributed by atoms with Crippen molar-refractivity contribution in [1.82, 2.24) is 25.6 Å². The number of nitrogens with one attached hydrogen (secondary N) is 3. The Morgan fingerprint density at radius 3 is 2.61 bits per heavy atom. The Balaban J connectivity index is 2.24. The highest BCUT2D eigenvalue weighted by molar-refractivity contribution is 5.96. The van der Waals surface area contributed by atoms with E-state index in [1.165, 1.54) is 0 Å². The maximum absolute atomic E-state index is 12.1. The van der Waals surface area contributed by atoms with Gasteiger partial charge in [-0.25, -0.2) is 9.97 Å². The third-order valence-electron chi connectivity index (χ3n) is 5.20. The van der Waals surface area contributed by atoms with Crippen LogP contribution in [0, 0.1) is 0 Å². The molecule has 0 fully saturated rings. The summed E-state index contributed by atoms with van der Waals surface area (Å²) in [6.45, 7) is 9.99. The molecule has 31 heavy (non-hydrogen) atoms. The monoisotopic (exact) mass is 428 g/mol. The lowest BCUT2D eigenvalue weighted by Gasteiger charge is -2.25. The van der Waals surface area contributed by atoms with Gasteiger partial charge >= 0.3 is 0 Å². The number of hydrogen-bond acceptors (Lipinski definition) is 8. The first-order chi connectivity index (χ1) is 14.8. The fraction of sp³-hybridized carbons (Fsp3) is 0.545. The number of amides is 1. The summed E-state index contributed by atoms with van der Waals surface area (Å²) < 4.78 is 0. The van der Waals surface area contributed by atoms with Crippen LogP contribution in [0.3, 0.4) is 0 Å². The summed E-state index contributed by atoms with van der Waals surface area (Å²) in [6.07, 6.45) is 3.18. The lowest BCUT2D eigenvalue weighted by atomic mass is 10.2. The molecule has 0 bridgehead atoms. The minimum atomic E-state index is -0.611. The number of nitrogens with zero attached hydrogens (tertiary/aromatic N) is 4. The van der Waals surface area contributed by atoms with Gasteiger partial charge in [-0.15, -0.1) is 0 Å². The van der Waals surface area contributed by atoms with Crippen LogP contribution in [0.15, 0.2) is 18.3 Å². The molecule has 0 aliphatic heterocycles. The van der Waals surface area contributed by atoms with Crippen molar-refractivity contribution in [2.45, 2.75) is 52.6 Å². The molecule has 9 heteroatoms. The predicted molar refractivity (Wildman–Crippen MR) is 126 cm³/mol. The minimum absolute atomic E-state index is 0.138. The van der Waals surface area contributed by atoms with E-state index in [9.17, 15) is 4.79 Å². The maximum atomic E-state index is 12.1. The molecule has 0 aromatic carbocycles. The Kier molecular flexibility index (Phi) is 9.14. The van der Waals surface area contributed by atoms with E-state index in [0.29, 0.717) is 18.3 Å². The van der Waals surface area contributed by atoms with E-state index in [2.05, 4.69) is 46.7 Å². The first-order valence-corrected chi connectivity index (χ1v) is 10.8. The van der Waals surface area contributed by atoms with E-state index >= 15 is 0 Å². The molecule has 2 rings (SSSR count). The van der Waals surface area contributed by atoms with E-state index in [1.54, 1.807) is 6.20 Å². The molecule has 9 nitrogen and oxygen atoms in total. The van der Waals surface area contributed by atoms with Gasteiger partial charge < -0.3 is 26.6 Å². The normalized spacial score (nSPS) is 12.1. The molecule has 1 amide bonds. The molecule has 1 atom stereocenters. The largest absolute Gasteiger partial charge is 0.364 e. The van der Waals surface area contributed by atoms with Crippen molar-refractivity contribution < 1.29 is 4.79 Å². The van der Waals surface area contributed by atoms with Gasteiger partial charge in [0.2, 0.25) is 0 Å². The van der Waals surface area contributed by atoms with Gasteiger partial charge in [0, 0.05) is 56.2 Å². The molecule has 0 unspecified atom stereocenters. The fourth-order valence-corrected chi connectivity index (χ4v) is 2.95. The lowest BCUT2D eigenvalue weighted by molar-refractivity contribution is 0.0996. The van der Waals surface area contributed by atoms with Crippen molar-refractivity contribution in [3.63, 3.8) is 0 Å². The van der Waals surface area contributed by atoms with Crippen LogP contribution in [-0.4, -0.2) is 60.1 Å². The molecule has 2 heterocycles. The van der Waals surface area contributed by atoms with E-state index < -0.39 is 5.91 Å². The smallest absolute Gasteiger partial charge is 0.271 e. The van der Waals surface area contributed by atoms with E-state index in [0.717, 1.165) is 42.4 Å². The molecule has 170 valence electrons. The van der Waals surface area contributed by atoms with E-state index in [4.69, 9.17) is 10.7 Å². The Labute approximate surface area is 185 Å². The minimum Gasteiger partial charge on any atom is -0.364 e. The third-order valence-corrected chi connectivity index (χ3v) is 5.20. The lowest BCUT2D eigenvalue weighted by Crippen LogP contribution is -2.34. The van der Waals surface area contributed by atoms with Crippen LogP contribution in [0.25, 0.3) is 0 Å². The number of likely N-dealkylation sites (N-methyl/N-ethyl adjacent to an activating group) is 1. The molecule has 0 saturated heterocycles. The first kappa shape index (κ1) is 24.5. The van der Waals surface area contributed by atoms with Crippen LogP contribution < -0.4 is 26.6 Å². The number of rotatable bonds is 12. The van der Waals surface area contributed by atoms with Crippen molar-refractivity contribution >= 4 is 23.2 Å².